The molecule has 1 heterocycles. The summed E-state index contributed by atoms with van der Waals surface area (Å²) in [6, 6.07) is 55.1. The van der Waals surface area contributed by atoms with Crippen LogP contribution in [0, 0.1) is 0 Å². The first-order valence-electron chi connectivity index (χ1n) is 18.1. The van der Waals surface area contributed by atoms with Gasteiger partial charge in [0.1, 0.15) is 0 Å². The highest BCUT2D eigenvalue weighted by Crippen LogP contribution is 2.62. The maximum Gasteiger partial charge on any atom is 0.0355 e. The fraction of sp³-hybridized carbons (Fsp3) is 0.120. The molecule has 8 aromatic carbocycles. The monoisotopic (exact) mass is 668 g/mol. The van der Waals surface area contributed by atoms with Gasteiger partial charge in [-0.05, 0) is 113 Å². The first kappa shape index (κ1) is 29.3. The van der Waals surface area contributed by atoms with Crippen LogP contribution in [0.5, 0.6) is 0 Å². The van der Waals surface area contributed by atoms with Crippen molar-refractivity contribution in [2.45, 2.75) is 38.5 Å². The summed E-state index contributed by atoms with van der Waals surface area (Å²) in [5.74, 6) is 0. The summed E-state index contributed by atoms with van der Waals surface area (Å²) in [7, 11) is 0. The maximum absolute atomic E-state index is 2.58. The standard InChI is InChI=1S/C50H36S/c1-49(2)40-22-12-9-15-30(40)38-28-39(48-46(47(38)49)36-21-10-13-23-41(36)50(48,3)4)45-34-19-7-5-17-32(34)44(33-18-6-8-20-35(33)45)29-25-26-43-37(27-29)31-16-11-14-24-42(31)51-43/h5-28H,1-4H3. The fourth-order valence-electron chi connectivity index (χ4n) is 10.0. The number of thiophene rings is 1. The van der Waals surface area contributed by atoms with Crippen LogP contribution in [0.2, 0.25) is 0 Å². The predicted octanol–water partition coefficient (Wildman–Crippen LogP) is 14.3. The summed E-state index contributed by atoms with van der Waals surface area (Å²) < 4.78 is 2.68. The predicted molar refractivity (Wildman–Crippen MR) is 220 cm³/mol. The third-order valence-corrected chi connectivity index (χ3v) is 13.4. The van der Waals surface area contributed by atoms with E-state index in [-0.39, 0.29) is 10.8 Å². The number of hydrogen-bond acceptors (Lipinski definition) is 1. The van der Waals surface area contributed by atoms with Gasteiger partial charge in [0.2, 0.25) is 0 Å². The average Bonchev–Trinajstić information content (AvgIpc) is 3.73. The quantitative estimate of drug-likeness (QED) is 0.161. The highest BCUT2D eigenvalue weighted by Gasteiger charge is 2.46. The Morgan fingerprint density at radius 2 is 0.843 bits per heavy atom. The fourth-order valence-corrected chi connectivity index (χ4v) is 11.1. The van der Waals surface area contributed by atoms with Crippen LogP contribution in [0.4, 0.5) is 0 Å². The first-order valence-corrected chi connectivity index (χ1v) is 18.9. The van der Waals surface area contributed by atoms with Crippen molar-refractivity contribution in [1.82, 2.24) is 0 Å². The van der Waals surface area contributed by atoms with Crippen LogP contribution in [-0.4, -0.2) is 0 Å². The Morgan fingerprint density at radius 1 is 0.353 bits per heavy atom. The van der Waals surface area contributed by atoms with E-state index in [1.165, 1.54) is 108 Å². The zero-order chi connectivity index (χ0) is 34.2. The van der Waals surface area contributed by atoms with Crippen LogP contribution in [0.3, 0.4) is 0 Å². The molecule has 0 aliphatic heterocycles. The Kier molecular flexibility index (Phi) is 5.77. The van der Waals surface area contributed by atoms with Gasteiger partial charge in [-0.15, -0.1) is 11.3 Å². The van der Waals surface area contributed by atoms with Crippen LogP contribution in [0.25, 0.3) is 86.2 Å². The molecule has 0 nitrogen and oxygen atoms in total. The molecule has 1 aromatic heterocycles. The van der Waals surface area contributed by atoms with E-state index in [9.17, 15) is 0 Å². The van der Waals surface area contributed by atoms with Gasteiger partial charge in [0.15, 0.2) is 0 Å². The van der Waals surface area contributed by atoms with Crippen LogP contribution < -0.4 is 0 Å². The molecule has 0 saturated carbocycles. The van der Waals surface area contributed by atoms with Gasteiger partial charge in [0.05, 0.1) is 0 Å². The second-order valence-corrected chi connectivity index (χ2v) is 16.7. The summed E-state index contributed by atoms with van der Waals surface area (Å²) in [5.41, 5.74) is 16.3. The molecule has 0 atom stereocenters. The largest absolute Gasteiger partial charge is 0.135 e. The van der Waals surface area contributed by atoms with E-state index < -0.39 is 0 Å². The highest BCUT2D eigenvalue weighted by molar-refractivity contribution is 7.25. The van der Waals surface area contributed by atoms with E-state index in [1.807, 2.05) is 11.3 Å². The van der Waals surface area contributed by atoms with Gasteiger partial charge in [-0.3, -0.25) is 0 Å². The molecule has 0 amide bonds. The summed E-state index contributed by atoms with van der Waals surface area (Å²) in [4.78, 5) is 0. The van der Waals surface area contributed by atoms with Crippen molar-refractivity contribution in [2.24, 2.45) is 0 Å². The van der Waals surface area contributed by atoms with Crippen molar-refractivity contribution in [3.05, 3.63) is 168 Å². The van der Waals surface area contributed by atoms with Crippen molar-refractivity contribution in [2.75, 3.05) is 0 Å². The first-order chi connectivity index (χ1) is 24.8. The average molecular weight is 669 g/mol. The van der Waals surface area contributed by atoms with Crippen molar-refractivity contribution < 1.29 is 0 Å². The number of fused-ring (bicyclic) bond motifs is 12. The smallest absolute Gasteiger partial charge is 0.0355 e. The van der Waals surface area contributed by atoms with Crippen molar-refractivity contribution in [3.63, 3.8) is 0 Å². The Labute approximate surface area is 302 Å². The second kappa shape index (κ2) is 10.1. The molecule has 0 unspecified atom stereocenters. The van der Waals surface area contributed by atoms with Gasteiger partial charge >= 0.3 is 0 Å². The topological polar surface area (TPSA) is 0 Å². The molecule has 0 saturated heterocycles. The maximum atomic E-state index is 2.58. The molecule has 0 radical (unpaired) electrons. The summed E-state index contributed by atoms with van der Waals surface area (Å²) in [6.45, 7) is 9.75. The Bertz CT molecular complexity index is 2910. The van der Waals surface area contributed by atoms with Crippen molar-refractivity contribution in [3.8, 4) is 44.5 Å². The van der Waals surface area contributed by atoms with Gasteiger partial charge in [0, 0.05) is 31.0 Å². The van der Waals surface area contributed by atoms with E-state index in [4.69, 9.17) is 0 Å². The molecule has 51 heavy (non-hydrogen) atoms. The van der Waals surface area contributed by atoms with Crippen LogP contribution in [0.1, 0.15) is 49.9 Å². The lowest BCUT2D eigenvalue weighted by molar-refractivity contribution is 0.649. The lowest BCUT2D eigenvalue weighted by Crippen LogP contribution is -2.19. The minimum atomic E-state index is -0.174. The normalized spacial score (nSPS) is 15.0. The summed E-state index contributed by atoms with van der Waals surface area (Å²) >= 11 is 1.88. The number of hydrogen-bond donors (Lipinski definition) is 0. The zero-order valence-electron chi connectivity index (χ0n) is 29.3. The van der Waals surface area contributed by atoms with E-state index in [0.717, 1.165) is 0 Å². The highest BCUT2D eigenvalue weighted by atomic mass is 32.1. The molecule has 0 bridgehead atoms. The van der Waals surface area contributed by atoms with E-state index in [2.05, 4.69) is 173 Å². The van der Waals surface area contributed by atoms with Crippen molar-refractivity contribution in [1.29, 1.82) is 0 Å². The summed E-state index contributed by atoms with van der Waals surface area (Å²) in [5, 5.41) is 7.88. The lowest BCUT2D eigenvalue weighted by atomic mass is 9.73. The summed E-state index contributed by atoms with van der Waals surface area (Å²) in [6.07, 6.45) is 0. The molecule has 0 N–H and O–H groups in total. The molecular weight excluding hydrogens is 633 g/mol. The molecule has 9 aromatic rings. The third-order valence-electron chi connectivity index (χ3n) is 12.2. The van der Waals surface area contributed by atoms with Crippen molar-refractivity contribution >= 4 is 53.1 Å². The third kappa shape index (κ3) is 3.75. The Hall–Kier alpha value is -5.50. The van der Waals surface area contributed by atoms with Crippen LogP contribution in [0.15, 0.2) is 146 Å². The molecule has 242 valence electrons. The lowest BCUT2D eigenvalue weighted by Gasteiger charge is -2.30. The second-order valence-electron chi connectivity index (χ2n) is 15.6. The molecule has 0 spiro atoms. The van der Waals surface area contributed by atoms with E-state index in [1.54, 1.807) is 0 Å². The molecule has 11 rings (SSSR count). The van der Waals surface area contributed by atoms with E-state index >= 15 is 0 Å². The van der Waals surface area contributed by atoms with Crippen LogP contribution in [-0.2, 0) is 10.8 Å². The minimum absolute atomic E-state index is 0.111. The SMILES string of the molecule is CC1(C)c2ccccc2-c2cc(-c3c4ccccc4c(-c4ccc5sc6ccccc6c5c4)c4ccccc34)c3c(c21)-c1ccccc1C3(C)C. The van der Waals surface area contributed by atoms with Gasteiger partial charge < -0.3 is 0 Å². The Morgan fingerprint density at radius 3 is 1.51 bits per heavy atom. The van der Waals surface area contributed by atoms with Gasteiger partial charge in [-0.25, -0.2) is 0 Å². The Balaban J connectivity index is 1.30. The molecule has 2 aliphatic carbocycles. The molecule has 1 heteroatoms. The minimum Gasteiger partial charge on any atom is -0.135 e. The zero-order valence-corrected chi connectivity index (χ0v) is 30.1. The number of rotatable bonds is 2. The number of benzene rings is 8. The molecule has 2 aliphatic rings. The van der Waals surface area contributed by atoms with E-state index in [0.29, 0.717) is 0 Å². The molecular formula is C50H36S. The van der Waals surface area contributed by atoms with Gasteiger partial charge in [-0.2, -0.15) is 0 Å². The molecule has 0 fully saturated rings. The van der Waals surface area contributed by atoms with Gasteiger partial charge in [0.25, 0.3) is 0 Å². The van der Waals surface area contributed by atoms with Crippen LogP contribution >= 0.6 is 11.3 Å². The van der Waals surface area contributed by atoms with Gasteiger partial charge in [-0.1, -0.05) is 149 Å².